The molecule has 13 heavy (non-hydrogen) atoms. The van der Waals surface area contributed by atoms with E-state index in [0.717, 1.165) is 18.2 Å². The lowest BCUT2D eigenvalue weighted by Gasteiger charge is -2.03. The fourth-order valence-electron chi connectivity index (χ4n) is 0.942. The van der Waals surface area contributed by atoms with E-state index in [1.54, 1.807) is 0 Å². The topological polar surface area (TPSA) is 77.8 Å². The number of hydrogen-bond donors (Lipinski definition) is 3. The predicted molar refractivity (Wildman–Crippen MR) is 43.2 cm³/mol. The summed E-state index contributed by atoms with van der Waals surface area (Å²) in [7, 11) is -1.98. The normalized spacial score (nSPS) is 9.77. The second kappa shape index (κ2) is 3.55. The average molecular weight is 184 g/mol. The first-order valence-electron chi connectivity index (χ1n) is 3.41. The predicted octanol–water partition coefficient (Wildman–Crippen LogP) is -0.796. The van der Waals surface area contributed by atoms with Crippen molar-refractivity contribution in [3.63, 3.8) is 0 Å². The maximum atomic E-state index is 12.6. The summed E-state index contributed by atoms with van der Waals surface area (Å²) >= 11 is 0. The molecule has 0 fully saturated rings. The van der Waals surface area contributed by atoms with Gasteiger partial charge in [0, 0.05) is 0 Å². The van der Waals surface area contributed by atoms with Crippen LogP contribution in [0.5, 0.6) is 0 Å². The molecule has 0 aliphatic rings. The lowest BCUT2D eigenvalue weighted by molar-refractivity contribution is 0.0697. The van der Waals surface area contributed by atoms with Crippen molar-refractivity contribution in [2.45, 2.75) is 0 Å². The van der Waals surface area contributed by atoms with Crippen LogP contribution in [0.1, 0.15) is 10.4 Å². The molecule has 68 valence electrons. The highest BCUT2D eigenvalue weighted by molar-refractivity contribution is 6.60. The molecule has 6 heteroatoms. The van der Waals surface area contributed by atoms with Crippen molar-refractivity contribution in [3.8, 4) is 0 Å². The van der Waals surface area contributed by atoms with Gasteiger partial charge in [0.1, 0.15) is 5.82 Å². The molecule has 0 bridgehead atoms. The van der Waals surface area contributed by atoms with E-state index < -0.39 is 18.9 Å². The number of benzene rings is 1. The Morgan fingerprint density at radius 1 is 1.38 bits per heavy atom. The third-order valence-corrected chi connectivity index (χ3v) is 1.52. The summed E-state index contributed by atoms with van der Waals surface area (Å²) in [5.74, 6) is -2.05. The van der Waals surface area contributed by atoms with Crippen molar-refractivity contribution in [2.75, 3.05) is 0 Å². The van der Waals surface area contributed by atoms with Crippen LogP contribution >= 0.6 is 0 Å². The SMILES string of the molecule is O=C(O)c1ccc(F)cc1B(O)O. The Balaban J connectivity index is 3.26. The first-order chi connectivity index (χ1) is 6.02. The van der Waals surface area contributed by atoms with Crippen LogP contribution in [-0.4, -0.2) is 28.2 Å². The second-order valence-electron chi connectivity index (χ2n) is 2.41. The summed E-state index contributed by atoms with van der Waals surface area (Å²) in [5, 5.41) is 26.0. The van der Waals surface area contributed by atoms with Gasteiger partial charge in [-0.1, -0.05) is 0 Å². The van der Waals surface area contributed by atoms with Crippen molar-refractivity contribution >= 4 is 18.6 Å². The van der Waals surface area contributed by atoms with E-state index in [2.05, 4.69) is 0 Å². The number of hydrogen-bond acceptors (Lipinski definition) is 3. The molecular formula is C7H6BFO4. The minimum absolute atomic E-state index is 0.323. The fourth-order valence-corrected chi connectivity index (χ4v) is 0.942. The fraction of sp³-hybridized carbons (Fsp3) is 0. The van der Waals surface area contributed by atoms with Crippen molar-refractivity contribution in [2.24, 2.45) is 0 Å². The van der Waals surface area contributed by atoms with Crippen LogP contribution in [0.3, 0.4) is 0 Å². The minimum atomic E-state index is -1.98. The molecule has 0 atom stereocenters. The summed E-state index contributed by atoms with van der Waals surface area (Å²) in [6.07, 6.45) is 0. The van der Waals surface area contributed by atoms with Gasteiger partial charge in [0.15, 0.2) is 0 Å². The molecule has 0 saturated carbocycles. The van der Waals surface area contributed by atoms with Crippen LogP contribution in [0.4, 0.5) is 4.39 Å². The molecule has 0 unspecified atom stereocenters. The summed E-state index contributed by atoms with van der Waals surface area (Å²) in [5.41, 5.74) is -0.677. The first-order valence-corrected chi connectivity index (χ1v) is 3.41. The van der Waals surface area contributed by atoms with Gasteiger partial charge in [-0.25, -0.2) is 9.18 Å². The Hall–Kier alpha value is -1.40. The zero-order valence-corrected chi connectivity index (χ0v) is 6.44. The van der Waals surface area contributed by atoms with Crippen LogP contribution in [0.25, 0.3) is 0 Å². The minimum Gasteiger partial charge on any atom is -0.478 e. The second-order valence-corrected chi connectivity index (χ2v) is 2.41. The van der Waals surface area contributed by atoms with Gasteiger partial charge in [-0.05, 0) is 23.7 Å². The lowest BCUT2D eigenvalue weighted by atomic mass is 9.77. The molecule has 1 aromatic carbocycles. The lowest BCUT2D eigenvalue weighted by Crippen LogP contribution is -2.35. The van der Waals surface area contributed by atoms with Gasteiger partial charge >= 0.3 is 13.1 Å². The molecule has 0 radical (unpaired) electrons. The standard InChI is InChI=1S/C7H6BFO4/c9-4-1-2-5(7(10)11)6(3-4)8(12)13/h1-3,12-13H,(H,10,11). The molecule has 0 spiro atoms. The highest BCUT2D eigenvalue weighted by Crippen LogP contribution is 2.01. The number of carboxylic acid groups (broad SMARTS) is 1. The Morgan fingerprint density at radius 2 is 2.00 bits per heavy atom. The molecule has 0 aromatic heterocycles. The van der Waals surface area contributed by atoms with E-state index in [9.17, 15) is 9.18 Å². The quantitative estimate of drug-likeness (QED) is 0.526. The molecule has 0 saturated heterocycles. The molecule has 0 aliphatic carbocycles. The summed E-state index contributed by atoms with van der Waals surface area (Å²) in [6, 6.07) is 2.69. The highest BCUT2D eigenvalue weighted by Gasteiger charge is 2.20. The van der Waals surface area contributed by atoms with Gasteiger partial charge in [-0.15, -0.1) is 0 Å². The number of carbonyl (C=O) groups is 1. The van der Waals surface area contributed by atoms with Crippen molar-refractivity contribution < 1.29 is 24.3 Å². The molecule has 1 aromatic rings. The summed E-state index contributed by atoms with van der Waals surface area (Å²) in [4.78, 5) is 10.5. The monoisotopic (exact) mass is 184 g/mol. The van der Waals surface area contributed by atoms with E-state index >= 15 is 0 Å². The Bertz CT molecular complexity index is 339. The third-order valence-electron chi connectivity index (χ3n) is 1.52. The first kappa shape index (κ1) is 9.69. The molecule has 0 aliphatic heterocycles. The Labute approximate surface area is 73.4 Å². The van der Waals surface area contributed by atoms with Crippen LogP contribution in [0.15, 0.2) is 18.2 Å². The molecule has 0 amide bonds. The van der Waals surface area contributed by atoms with Crippen LogP contribution in [0.2, 0.25) is 0 Å². The maximum absolute atomic E-state index is 12.6. The van der Waals surface area contributed by atoms with E-state index in [-0.39, 0.29) is 11.0 Å². The Morgan fingerprint density at radius 3 is 2.46 bits per heavy atom. The Kier molecular flexibility index (Phi) is 2.65. The number of aromatic carboxylic acids is 1. The van der Waals surface area contributed by atoms with Crippen molar-refractivity contribution in [3.05, 3.63) is 29.6 Å². The smallest absolute Gasteiger partial charge is 0.478 e. The van der Waals surface area contributed by atoms with Crippen LogP contribution in [-0.2, 0) is 0 Å². The molecule has 3 N–H and O–H groups in total. The van der Waals surface area contributed by atoms with Gasteiger partial charge in [0.05, 0.1) is 5.56 Å². The van der Waals surface area contributed by atoms with Gasteiger partial charge in [0.2, 0.25) is 0 Å². The van der Waals surface area contributed by atoms with E-state index in [1.165, 1.54) is 0 Å². The van der Waals surface area contributed by atoms with E-state index in [0.29, 0.717) is 0 Å². The van der Waals surface area contributed by atoms with Crippen LogP contribution < -0.4 is 5.46 Å². The maximum Gasteiger partial charge on any atom is 0.489 e. The molecular weight excluding hydrogens is 178 g/mol. The van der Waals surface area contributed by atoms with Gasteiger partial charge in [-0.3, -0.25) is 0 Å². The van der Waals surface area contributed by atoms with Crippen LogP contribution in [0, 0.1) is 5.82 Å². The summed E-state index contributed by atoms with van der Waals surface area (Å²) in [6.45, 7) is 0. The largest absolute Gasteiger partial charge is 0.489 e. The number of halogens is 1. The molecule has 1 rings (SSSR count). The van der Waals surface area contributed by atoms with Gasteiger partial charge in [0.25, 0.3) is 0 Å². The highest BCUT2D eigenvalue weighted by atomic mass is 19.1. The number of rotatable bonds is 2. The third kappa shape index (κ3) is 2.04. The van der Waals surface area contributed by atoms with E-state index in [1.807, 2.05) is 0 Å². The average Bonchev–Trinajstić information content (AvgIpc) is 2.03. The van der Waals surface area contributed by atoms with Crippen molar-refractivity contribution in [1.82, 2.24) is 0 Å². The number of carboxylic acids is 1. The zero-order valence-electron chi connectivity index (χ0n) is 6.44. The zero-order chi connectivity index (χ0) is 10.0. The molecule has 0 heterocycles. The van der Waals surface area contributed by atoms with Crippen molar-refractivity contribution in [1.29, 1.82) is 0 Å². The summed E-state index contributed by atoms with van der Waals surface area (Å²) < 4.78 is 12.6. The van der Waals surface area contributed by atoms with Gasteiger partial charge < -0.3 is 15.2 Å². The molecule has 4 nitrogen and oxygen atoms in total. The van der Waals surface area contributed by atoms with E-state index in [4.69, 9.17) is 15.2 Å². The van der Waals surface area contributed by atoms with Gasteiger partial charge in [-0.2, -0.15) is 0 Å².